The van der Waals surface area contributed by atoms with Crippen molar-refractivity contribution in [1.29, 1.82) is 0 Å². The van der Waals surface area contributed by atoms with E-state index in [2.05, 4.69) is 10.3 Å². The molecular weight excluding hydrogens is 326 g/mol. The minimum absolute atomic E-state index is 0.206. The Morgan fingerprint density at radius 1 is 1.12 bits per heavy atom. The Morgan fingerprint density at radius 3 is 2.33 bits per heavy atom. The molecule has 1 amide bonds. The van der Waals surface area contributed by atoms with Gasteiger partial charge in [0.05, 0.1) is 4.90 Å². The molecule has 0 unspecified atom stereocenters. The minimum Gasteiger partial charge on any atom is -0.307 e. The molecule has 0 atom stereocenters. The maximum atomic E-state index is 12.0. The Morgan fingerprint density at radius 2 is 1.79 bits per heavy atom. The standard InChI is InChI=1S/C17H19N3O3S/c1-13-4-10-16(18-12-13)19-17(21)11-7-14-5-8-15(9-6-14)24(22,23)20(2)3/h4-12H,1-3H3,(H,18,19,21)/b11-7+. The maximum absolute atomic E-state index is 12.0. The summed E-state index contributed by atoms with van der Waals surface area (Å²) in [4.78, 5) is 16.1. The zero-order valence-corrected chi connectivity index (χ0v) is 14.5. The van der Waals surface area contributed by atoms with E-state index < -0.39 is 10.0 Å². The van der Waals surface area contributed by atoms with Crippen LogP contribution in [0.5, 0.6) is 0 Å². The van der Waals surface area contributed by atoms with Crippen LogP contribution in [0.2, 0.25) is 0 Å². The van der Waals surface area contributed by atoms with Crippen molar-refractivity contribution in [2.24, 2.45) is 0 Å². The minimum atomic E-state index is -3.45. The Hall–Kier alpha value is -2.51. The fourth-order valence-corrected chi connectivity index (χ4v) is 2.74. The molecule has 0 aliphatic heterocycles. The summed E-state index contributed by atoms with van der Waals surface area (Å²) < 4.78 is 25.1. The van der Waals surface area contributed by atoms with E-state index in [9.17, 15) is 13.2 Å². The van der Waals surface area contributed by atoms with E-state index in [-0.39, 0.29) is 10.8 Å². The van der Waals surface area contributed by atoms with Crippen molar-refractivity contribution in [3.05, 3.63) is 59.8 Å². The van der Waals surface area contributed by atoms with Gasteiger partial charge in [-0.1, -0.05) is 18.2 Å². The number of amides is 1. The molecule has 24 heavy (non-hydrogen) atoms. The lowest BCUT2D eigenvalue weighted by atomic mass is 10.2. The number of hydrogen-bond donors (Lipinski definition) is 1. The molecular formula is C17H19N3O3S. The molecule has 0 aliphatic rings. The Bertz CT molecular complexity index is 840. The average molecular weight is 345 g/mol. The number of benzene rings is 1. The molecule has 1 N–H and O–H groups in total. The molecule has 0 spiro atoms. The van der Waals surface area contributed by atoms with E-state index in [1.165, 1.54) is 32.3 Å². The molecule has 1 aromatic carbocycles. The van der Waals surface area contributed by atoms with Crippen LogP contribution in [0.4, 0.5) is 5.82 Å². The molecule has 0 aliphatic carbocycles. The van der Waals surface area contributed by atoms with E-state index in [0.717, 1.165) is 15.4 Å². The Balaban J connectivity index is 2.04. The van der Waals surface area contributed by atoms with Crippen molar-refractivity contribution in [2.75, 3.05) is 19.4 Å². The highest BCUT2D eigenvalue weighted by Gasteiger charge is 2.16. The number of carbonyl (C=O) groups excluding carboxylic acids is 1. The lowest BCUT2D eigenvalue weighted by Gasteiger charge is -2.11. The molecule has 1 heterocycles. The number of hydrogen-bond acceptors (Lipinski definition) is 4. The van der Waals surface area contributed by atoms with Gasteiger partial charge in [-0.15, -0.1) is 0 Å². The van der Waals surface area contributed by atoms with Crippen LogP contribution >= 0.6 is 0 Å². The summed E-state index contributed by atoms with van der Waals surface area (Å²) >= 11 is 0. The number of anilines is 1. The third-order valence-corrected chi connectivity index (χ3v) is 5.08. The number of nitrogens with zero attached hydrogens (tertiary/aromatic N) is 2. The third-order valence-electron chi connectivity index (χ3n) is 3.25. The predicted molar refractivity (Wildman–Crippen MR) is 94.0 cm³/mol. The van der Waals surface area contributed by atoms with Gasteiger partial charge < -0.3 is 5.32 Å². The van der Waals surface area contributed by atoms with Crippen molar-refractivity contribution < 1.29 is 13.2 Å². The highest BCUT2D eigenvalue weighted by Crippen LogP contribution is 2.14. The molecule has 2 aromatic rings. The summed E-state index contributed by atoms with van der Waals surface area (Å²) in [5.74, 6) is 0.166. The van der Waals surface area contributed by atoms with E-state index >= 15 is 0 Å². The van der Waals surface area contributed by atoms with Crippen molar-refractivity contribution in [3.63, 3.8) is 0 Å². The van der Waals surface area contributed by atoms with Crippen molar-refractivity contribution in [3.8, 4) is 0 Å². The molecule has 0 saturated carbocycles. The van der Waals surface area contributed by atoms with E-state index in [0.29, 0.717) is 5.82 Å². The van der Waals surface area contributed by atoms with E-state index in [1.54, 1.807) is 30.5 Å². The number of aromatic nitrogens is 1. The molecule has 1 aromatic heterocycles. The number of nitrogens with one attached hydrogen (secondary N) is 1. The molecule has 126 valence electrons. The third kappa shape index (κ3) is 4.50. The van der Waals surface area contributed by atoms with Gasteiger partial charge in [0.2, 0.25) is 15.9 Å². The molecule has 2 rings (SSSR count). The van der Waals surface area contributed by atoms with Crippen LogP contribution in [0, 0.1) is 6.92 Å². The van der Waals surface area contributed by atoms with Gasteiger partial charge in [0, 0.05) is 26.4 Å². The highest BCUT2D eigenvalue weighted by molar-refractivity contribution is 7.89. The first kappa shape index (κ1) is 17.8. The molecule has 0 bridgehead atoms. The first-order valence-corrected chi connectivity index (χ1v) is 8.67. The van der Waals surface area contributed by atoms with Gasteiger partial charge >= 0.3 is 0 Å². The summed E-state index contributed by atoms with van der Waals surface area (Å²) in [5.41, 5.74) is 1.73. The Labute approximate surface area is 141 Å². The topological polar surface area (TPSA) is 79.4 Å². The first-order valence-electron chi connectivity index (χ1n) is 7.23. The van der Waals surface area contributed by atoms with Crippen molar-refractivity contribution >= 4 is 27.8 Å². The van der Waals surface area contributed by atoms with Crippen LogP contribution in [0.1, 0.15) is 11.1 Å². The van der Waals surface area contributed by atoms with Crippen LogP contribution < -0.4 is 5.32 Å². The SMILES string of the molecule is Cc1ccc(NC(=O)/C=C/c2ccc(S(=O)(=O)N(C)C)cc2)nc1. The summed E-state index contributed by atoms with van der Waals surface area (Å²) in [6.45, 7) is 1.92. The first-order chi connectivity index (χ1) is 11.3. The van der Waals surface area contributed by atoms with Crippen LogP contribution in [-0.4, -0.2) is 37.7 Å². The summed E-state index contributed by atoms with van der Waals surface area (Å²) in [5, 5.41) is 2.65. The lowest BCUT2D eigenvalue weighted by Crippen LogP contribution is -2.22. The quantitative estimate of drug-likeness (QED) is 0.843. The fourth-order valence-electron chi connectivity index (χ4n) is 1.84. The highest BCUT2D eigenvalue weighted by atomic mass is 32.2. The fraction of sp³-hybridized carbons (Fsp3) is 0.176. The monoisotopic (exact) mass is 345 g/mol. The second-order valence-electron chi connectivity index (χ2n) is 5.40. The summed E-state index contributed by atoms with van der Waals surface area (Å²) in [6, 6.07) is 9.88. The van der Waals surface area contributed by atoms with Gasteiger partial charge in [-0.2, -0.15) is 0 Å². The average Bonchev–Trinajstić information content (AvgIpc) is 2.55. The molecule has 6 nitrogen and oxygen atoms in total. The van der Waals surface area contributed by atoms with Crippen molar-refractivity contribution in [2.45, 2.75) is 11.8 Å². The zero-order chi connectivity index (χ0) is 17.7. The lowest BCUT2D eigenvalue weighted by molar-refractivity contribution is -0.111. The smallest absolute Gasteiger partial charge is 0.249 e. The normalized spacial score (nSPS) is 11.8. The predicted octanol–water partition coefficient (Wildman–Crippen LogP) is 2.29. The largest absolute Gasteiger partial charge is 0.307 e. The van der Waals surface area contributed by atoms with Gasteiger partial charge in [0.25, 0.3) is 0 Å². The number of sulfonamides is 1. The second-order valence-corrected chi connectivity index (χ2v) is 7.55. The zero-order valence-electron chi connectivity index (χ0n) is 13.7. The number of aryl methyl sites for hydroxylation is 1. The van der Waals surface area contributed by atoms with Crippen LogP contribution in [-0.2, 0) is 14.8 Å². The van der Waals surface area contributed by atoms with E-state index in [1.807, 2.05) is 13.0 Å². The van der Waals surface area contributed by atoms with Crippen LogP contribution in [0.15, 0.2) is 53.6 Å². The van der Waals surface area contributed by atoms with Gasteiger partial charge in [0.15, 0.2) is 0 Å². The molecule has 0 fully saturated rings. The summed E-state index contributed by atoms with van der Waals surface area (Å²) in [7, 11) is -0.490. The number of pyridine rings is 1. The van der Waals surface area contributed by atoms with Gasteiger partial charge in [-0.25, -0.2) is 17.7 Å². The van der Waals surface area contributed by atoms with Crippen molar-refractivity contribution in [1.82, 2.24) is 9.29 Å². The number of rotatable bonds is 5. The van der Waals surface area contributed by atoms with Crippen LogP contribution in [0.3, 0.4) is 0 Å². The number of carbonyl (C=O) groups is 1. The second kappa shape index (κ2) is 7.37. The van der Waals surface area contributed by atoms with Gasteiger partial charge in [-0.3, -0.25) is 4.79 Å². The van der Waals surface area contributed by atoms with E-state index in [4.69, 9.17) is 0 Å². The maximum Gasteiger partial charge on any atom is 0.249 e. The van der Waals surface area contributed by atoms with Crippen LogP contribution in [0.25, 0.3) is 6.08 Å². The molecule has 7 heteroatoms. The Kier molecular flexibility index (Phi) is 5.48. The van der Waals surface area contributed by atoms with Gasteiger partial charge in [0.1, 0.15) is 5.82 Å². The molecule has 0 radical (unpaired) electrons. The molecule has 0 saturated heterocycles. The summed E-state index contributed by atoms with van der Waals surface area (Å²) in [6.07, 6.45) is 4.65. The van der Waals surface area contributed by atoms with Gasteiger partial charge in [-0.05, 0) is 42.3 Å².